The molecule has 0 spiro atoms. The minimum absolute atomic E-state index is 0.0789. The number of hydrogen-bond acceptors (Lipinski definition) is 6. The molecule has 2 rings (SSSR count). The standard InChI is InChI=1S/C17H22N4O5S/c1-11-16(27(24,25)20(3)4)12(2)21(19-11)10-15(22)18-14-9-7-6-8-13(14)17(23)26-5/h6-9H,10H2,1-5H3,(H,18,22). The minimum Gasteiger partial charge on any atom is -0.465 e. The van der Waals surface area contributed by atoms with Crippen LogP contribution in [-0.2, 0) is 26.1 Å². The van der Waals surface area contributed by atoms with Gasteiger partial charge in [0.05, 0.1) is 29.7 Å². The van der Waals surface area contributed by atoms with Crippen LogP contribution in [-0.4, -0.2) is 55.6 Å². The van der Waals surface area contributed by atoms with E-state index in [9.17, 15) is 18.0 Å². The van der Waals surface area contributed by atoms with Gasteiger partial charge in [-0.05, 0) is 26.0 Å². The summed E-state index contributed by atoms with van der Waals surface area (Å²) in [6, 6.07) is 6.44. The van der Waals surface area contributed by atoms with Gasteiger partial charge in [-0.25, -0.2) is 17.5 Å². The van der Waals surface area contributed by atoms with Crippen LogP contribution < -0.4 is 5.32 Å². The molecule has 0 fully saturated rings. The van der Waals surface area contributed by atoms with E-state index in [4.69, 9.17) is 4.74 Å². The first kappa shape index (κ1) is 20.6. The Morgan fingerprint density at radius 3 is 2.44 bits per heavy atom. The number of para-hydroxylation sites is 1. The SMILES string of the molecule is COC(=O)c1ccccc1NC(=O)Cn1nc(C)c(S(=O)(=O)N(C)C)c1C. The maximum absolute atomic E-state index is 12.4. The van der Waals surface area contributed by atoms with Crippen molar-refractivity contribution >= 4 is 27.6 Å². The monoisotopic (exact) mass is 394 g/mol. The van der Waals surface area contributed by atoms with Crippen LogP contribution >= 0.6 is 0 Å². The molecule has 0 atom stereocenters. The summed E-state index contributed by atoms with van der Waals surface area (Å²) in [4.78, 5) is 24.3. The van der Waals surface area contributed by atoms with Gasteiger partial charge in [0.15, 0.2) is 0 Å². The molecule has 0 aliphatic heterocycles. The van der Waals surface area contributed by atoms with Crippen LogP contribution in [0, 0.1) is 13.8 Å². The van der Waals surface area contributed by atoms with Crippen molar-refractivity contribution in [3.63, 3.8) is 0 Å². The Bertz CT molecular complexity index is 979. The number of rotatable bonds is 6. The fourth-order valence-corrected chi connectivity index (χ4v) is 3.85. The van der Waals surface area contributed by atoms with E-state index in [1.54, 1.807) is 32.0 Å². The van der Waals surface area contributed by atoms with Crippen LogP contribution in [0.3, 0.4) is 0 Å². The number of benzene rings is 1. The molecule has 1 heterocycles. The lowest BCUT2D eigenvalue weighted by molar-refractivity contribution is -0.116. The molecule has 0 aliphatic carbocycles. The molecule has 1 N–H and O–H groups in total. The number of sulfonamides is 1. The van der Waals surface area contributed by atoms with E-state index in [2.05, 4.69) is 10.4 Å². The van der Waals surface area contributed by atoms with Crippen molar-refractivity contribution in [3.05, 3.63) is 41.2 Å². The Kier molecular flexibility index (Phi) is 6.01. The fraction of sp³-hybridized carbons (Fsp3) is 0.353. The third-order valence-corrected chi connectivity index (χ3v) is 6.02. The van der Waals surface area contributed by atoms with Crippen molar-refractivity contribution in [2.24, 2.45) is 0 Å². The van der Waals surface area contributed by atoms with Gasteiger partial charge in [0.1, 0.15) is 11.4 Å². The summed E-state index contributed by atoms with van der Waals surface area (Å²) in [5.41, 5.74) is 1.19. The van der Waals surface area contributed by atoms with Gasteiger partial charge in [0.25, 0.3) is 0 Å². The predicted octanol–water partition coefficient (Wildman–Crippen LogP) is 1.18. The minimum atomic E-state index is -3.68. The Morgan fingerprint density at radius 1 is 1.22 bits per heavy atom. The van der Waals surface area contributed by atoms with Crippen molar-refractivity contribution < 1.29 is 22.7 Å². The van der Waals surface area contributed by atoms with Gasteiger partial charge in [-0.1, -0.05) is 12.1 Å². The molecule has 0 saturated heterocycles. The van der Waals surface area contributed by atoms with Gasteiger partial charge < -0.3 is 10.1 Å². The highest BCUT2D eigenvalue weighted by Gasteiger charge is 2.27. The van der Waals surface area contributed by atoms with E-state index in [1.165, 1.54) is 32.0 Å². The quantitative estimate of drug-likeness (QED) is 0.737. The lowest BCUT2D eigenvalue weighted by Crippen LogP contribution is -2.24. The first-order valence-corrected chi connectivity index (χ1v) is 9.47. The number of methoxy groups -OCH3 is 1. The second-order valence-corrected chi connectivity index (χ2v) is 8.12. The molecule has 0 saturated carbocycles. The van der Waals surface area contributed by atoms with Gasteiger partial charge in [-0.15, -0.1) is 0 Å². The Labute approximate surface area is 158 Å². The summed E-state index contributed by atoms with van der Waals surface area (Å²) in [6.07, 6.45) is 0. The van der Waals surface area contributed by atoms with Gasteiger partial charge in [0, 0.05) is 14.1 Å². The smallest absolute Gasteiger partial charge is 0.339 e. The maximum atomic E-state index is 12.4. The lowest BCUT2D eigenvalue weighted by atomic mass is 10.2. The van der Waals surface area contributed by atoms with Crippen molar-refractivity contribution in [2.45, 2.75) is 25.3 Å². The molecular formula is C17H22N4O5S. The average Bonchev–Trinajstić information content (AvgIpc) is 2.88. The zero-order valence-corrected chi connectivity index (χ0v) is 16.6. The normalized spacial score (nSPS) is 11.5. The van der Waals surface area contributed by atoms with E-state index in [0.29, 0.717) is 17.1 Å². The molecule has 0 radical (unpaired) electrons. The zero-order chi connectivity index (χ0) is 20.4. The Morgan fingerprint density at radius 2 is 1.85 bits per heavy atom. The van der Waals surface area contributed by atoms with Crippen molar-refractivity contribution in [2.75, 3.05) is 26.5 Å². The summed E-state index contributed by atoms with van der Waals surface area (Å²) in [7, 11) is 0.442. The topological polar surface area (TPSA) is 111 Å². The number of anilines is 1. The molecule has 1 aromatic carbocycles. The van der Waals surface area contributed by atoms with Crippen LogP contribution in [0.4, 0.5) is 5.69 Å². The first-order chi connectivity index (χ1) is 12.6. The van der Waals surface area contributed by atoms with Crippen LogP contribution in [0.1, 0.15) is 21.7 Å². The number of ether oxygens (including phenoxy) is 1. The fourth-order valence-electron chi connectivity index (χ4n) is 2.60. The number of esters is 1. The van der Waals surface area contributed by atoms with Gasteiger partial charge in [-0.2, -0.15) is 5.10 Å². The molecule has 0 unspecified atom stereocenters. The van der Waals surface area contributed by atoms with Gasteiger partial charge in [-0.3, -0.25) is 9.48 Å². The second kappa shape index (κ2) is 7.89. The second-order valence-electron chi connectivity index (χ2n) is 6.03. The van der Waals surface area contributed by atoms with Gasteiger partial charge in [0.2, 0.25) is 15.9 Å². The predicted molar refractivity (Wildman–Crippen MR) is 99.0 cm³/mol. The molecule has 1 amide bonds. The molecule has 9 nitrogen and oxygen atoms in total. The molecular weight excluding hydrogens is 372 g/mol. The lowest BCUT2D eigenvalue weighted by Gasteiger charge is -2.12. The van der Waals surface area contributed by atoms with Crippen LogP contribution in [0.25, 0.3) is 0 Å². The van der Waals surface area contributed by atoms with E-state index in [-0.39, 0.29) is 17.0 Å². The first-order valence-electron chi connectivity index (χ1n) is 8.03. The van der Waals surface area contributed by atoms with E-state index >= 15 is 0 Å². The molecule has 0 aliphatic rings. The third-order valence-electron chi connectivity index (χ3n) is 3.95. The van der Waals surface area contributed by atoms with Crippen molar-refractivity contribution in [1.82, 2.24) is 14.1 Å². The molecule has 1 aromatic heterocycles. The molecule has 2 aromatic rings. The number of aromatic nitrogens is 2. The number of carbonyl (C=O) groups is 2. The highest BCUT2D eigenvalue weighted by molar-refractivity contribution is 7.89. The van der Waals surface area contributed by atoms with E-state index in [1.807, 2.05) is 0 Å². The van der Waals surface area contributed by atoms with Crippen LogP contribution in [0.2, 0.25) is 0 Å². The highest BCUT2D eigenvalue weighted by Crippen LogP contribution is 2.22. The van der Waals surface area contributed by atoms with Gasteiger partial charge >= 0.3 is 5.97 Å². The summed E-state index contributed by atoms with van der Waals surface area (Å²) < 4.78 is 32.0. The van der Waals surface area contributed by atoms with Crippen molar-refractivity contribution in [1.29, 1.82) is 0 Å². The van der Waals surface area contributed by atoms with Crippen LogP contribution in [0.5, 0.6) is 0 Å². The average molecular weight is 394 g/mol. The largest absolute Gasteiger partial charge is 0.465 e. The summed E-state index contributed by atoms with van der Waals surface area (Å²) >= 11 is 0. The summed E-state index contributed by atoms with van der Waals surface area (Å²) in [6.45, 7) is 2.96. The van der Waals surface area contributed by atoms with E-state index < -0.39 is 21.9 Å². The third kappa shape index (κ3) is 4.17. The molecule has 10 heteroatoms. The van der Waals surface area contributed by atoms with Crippen molar-refractivity contribution in [3.8, 4) is 0 Å². The maximum Gasteiger partial charge on any atom is 0.339 e. The number of aryl methyl sites for hydroxylation is 1. The van der Waals surface area contributed by atoms with Crippen LogP contribution in [0.15, 0.2) is 29.2 Å². The highest BCUT2D eigenvalue weighted by atomic mass is 32.2. The Hall–Kier alpha value is -2.72. The summed E-state index contributed by atoms with van der Waals surface area (Å²) in [5.74, 6) is -1.03. The van der Waals surface area contributed by atoms with E-state index in [0.717, 1.165) is 4.31 Å². The molecule has 27 heavy (non-hydrogen) atoms. The number of hydrogen-bond donors (Lipinski definition) is 1. The number of amides is 1. The summed E-state index contributed by atoms with van der Waals surface area (Å²) in [5, 5.41) is 6.80. The molecule has 0 bridgehead atoms. The number of nitrogens with zero attached hydrogens (tertiary/aromatic N) is 3. The zero-order valence-electron chi connectivity index (χ0n) is 15.8. The molecule has 146 valence electrons. The Balaban J connectivity index is 2.27. The number of carbonyl (C=O) groups excluding carboxylic acids is 2. The number of nitrogens with one attached hydrogen (secondary N) is 1.